The van der Waals surface area contributed by atoms with E-state index in [0.717, 1.165) is 0 Å². The molecule has 0 unspecified atom stereocenters. The number of phenols is 1. The summed E-state index contributed by atoms with van der Waals surface area (Å²) in [4.78, 5) is 50.4. The van der Waals surface area contributed by atoms with Crippen LogP contribution >= 0.6 is 0 Å². The number of esters is 2. The highest BCUT2D eigenvalue weighted by Crippen LogP contribution is 2.35. The van der Waals surface area contributed by atoms with Gasteiger partial charge in [-0.25, -0.2) is 9.59 Å². The van der Waals surface area contributed by atoms with E-state index >= 15 is 0 Å². The molecule has 27 heavy (non-hydrogen) atoms. The second kappa shape index (κ2) is 7.03. The van der Waals surface area contributed by atoms with E-state index in [0.29, 0.717) is 0 Å². The highest BCUT2D eigenvalue weighted by atomic mass is 16.5. The summed E-state index contributed by atoms with van der Waals surface area (Å²) in [6.07, 6.45) is 0. The fourth-order valence-corrected chi connectivity index (χ4v) is 3.01. The lowest BCUT2D eigenvalue weighted by Gasteiger charge is -2.21. The zero-order valence-electron chi connectivity index (χ0n) is 14.7. The number of phenolic OH excluding ortho intramolecular Hbond substituents is 1. The first-order valence-corrected chi connectivity index (χ1v) is 8.34. The minimum Gasteiger partial charge on any atom is -0.507 e. The van der Waals surface area contributed by atoms with Crippen LogP contribution in [0.5, 0.6) is 5.75 Å². The maximum Gasteiger partial charge on any atom is 0.338 e. The Hall–Kier alpha value is -3.48. The Labute approximate surface area is 154 Å². The summed E-state index contributed by atoms with van der Waals surface area (Å²) < 4.78 is 9.91. The van der Waals surface area contributed by atoms with E-state index in [1.54, 1.807) is 13.8 Å². The number of rotatable bonds is 4. The molecule has 0 saturated heterocycles. The predicted molar refractivity (Wildman–Crippen MR) is 93.3 cm³/mol. The van der Waals surface area contributed by atoms with Crippen LogP contribution in [-0.2, 0) is 9.47 Å². The molecule has 7 nitrogen and oxygen atoms in total. The minimum absolute atomic E-state index is 0.0121. The van der Waals surface area contributed by atoms with E-state index in [2.05, 4.69) is 0 Å². The summed E-state index contributed by atoms with van der Waals surface area (Å²) in [5.74, 6) is -3.18. The SMILES string of the molecule is CCOC(=O)c1cc(C(=O)OCC)c2c(c1)C(=O)c1c(O)cccc1C2=O. The van der Waals surface area contributed by atoms with Gasteiger partial charge in [0.05, 0.1) is 29.9 Å². The van der Waals surface area contributed by atoms with Gasteiger partial charge in [-0.3, -0.25) is 9.59 Å². The van der Waals surface area contributed by atoms with E-state index in [9.17, 15) is 24.3 Å². The third kappa shape index (κ3) is 2.97. The first kappa shape index (κ1) is 18.3. The molecule has 138 valence electrons. The van der Waals surface area contributed by atoms with Crippen molar-refractivity contribution in [3.05, 3.63) is 63.7 Å². The van der Waals surface area contributed by atoms with E-state index in [4.69, 9.17) is 9.47 Å². The average molecular weight is 368 g/mol. The zero-order valence-corrected chi connectivity index (χ0v) is 14.7. The van der Waals surface area contributed by atoms with Crippen molar-refractivity contribution in [2.45, 2.75) is 13.8 Å². The molecule has 2 aromatic carbocycles. The number of fused-ring (bicyclic) bond motifs is 2. The van der Waals surface area contributed by atoms with Crippen molar-refractivity contribution in [2.24, 2.45) is 0 Å². The number of ketones is 2. The molecule has 0 aromatic heterocycles. The van der Waals surface area contributed by atoms with Crippen molar-refractivity contribution < 1.29 is 33.8 Å². The van der Waals surface area contributed by atoms with Crippen LogP contribution in [0.4, 0.5) is 0 Å². The van der Waals surface area contributed by atoms with E-state index in [1.165, 1.54) is 30.3 Å². The number of aromatic hydroxyl groups is 1. The first-order chi connectivity index (χ1) is 12.9. The van der Waals surface area contributed by atoms with Gasteiger partial charge in [0.15, 0.2) is 11.6 Å². The molecule has 1 N–H and O–H groups in total. The Morgan fingerprint density at radius 1 is 0.889 bits per heavy atom. The highest BCUT2D eigenvalue weighted by Gasteiger charge is 2.36. The van der Waals surface area contributed by atoms with Gasteiger partial charge >= 0.3 is 11.9 Å². The van der Waals surface area contributed by atoms with Gasteiger partial charge in [0.1, 0.15) is 5.75 Å². The van der Waals surface area contributed by atoms with Crippen LogP contribution in [-0.4, -0.2) is 41.8 Å². The Kier molecular flexibility index (Phi) is 4.77. The highest BCUT2D eigenvalue weighted by molar-refractivity contribution is 6.31. The molecule has 0 bridgehead atoms. The first-order valence-electron chi connectivity index (χ1n) is 8.34. The van der Waals surface area contributed by atoms with Gasteiger partial charge < -0.3 is 14.6 Å². The van der Waals surface area contributed by atoms with Crippen molar-refractivity contribution in [1.29, 1.82) is 0 Å². The summed E-state index contributed by atoms with van der Waals surface area (Å²) >= 11 is 0. The summed E-state index contributed by atoms with van der Waals surface area (Å²) in [7, 11) is 0. The molecule has 1 aliphatic carbocycles. The topological polar surface area (TPSA) is 107 Å². The molecule has 0 atom stereocenters. The smallest absolute Gasteiger partial charge is 0.338 e. The molecule has 0 saturated carbocycles. The van der Waals surface area contributed by atoms with Crippen molar-refractivity contribution in [3.63, 3.8) is 0 Å². The maximum absolute atomic E-state index is 13.0. The van der Waals surface area contributed by atoms with Crippen LogP contribution in [0.2, 0.25) is 0 Å². The van der Waals surface area contributed by atoms with Gasteiger partial charge in [0.25, 0.3) is 0 Å². The fraction of sp³-hybridized carbons (Fsp3) is 0.200. The second-order valence-electron chi connectivity index (χ2n) is 5.75. The Morgan fingerprint density at radius 3 is 2.19 bits per heavy atom. The van der Waals surface area contributed by atoms with E-state index in [-0.39, 0.29) is 52.3 Å². The zero-order chi connectivity index (χ0) is 19.7. The third-order valence-electron chi connectivity index (χ3n) is 4.13. The summed E-state index contributed by atoms with van der Waals surface area (Å²) in [6, 6.07) is 6.50. The number of carbonyl (C=O) groups excluding carboxylic acids is 4. The normalized spacial score (nSPS) is 12.2. The van der Waals surface area contributed by atoms with Gasteiger partial charge in [-0.1, -0.05) is 12.1 Å². The summed E-state index contributed by atoms with van der Waals surface area (Å²) in [6.45, 7) is 3.36. The fourth-order valence-electron chi connectivity index (χ4n) is 3.01. The van der Waals surface area contributed by atoms with Crippen LogP contribution in [0.3, 0.4) is 0 Å². The monoisotopic (exact) mass is 368 g/mol. The van der Waals surface area contributed by atoms with Gasteiger partial charge in [-0.15, -0.1) is 0 Å². The molecule has 0 amide bonds. The molecular formula is C20H16O7. The molecule has 1 aliphatic rings. The largest absolute Gasteiger partial charge is 0.507 e. The number of carbonyl (C=O) groups is 4. The van der Waals surface area contributed by atoms with Crippen LogP contribution in [0, 0.1) is 0 Å². The number of ether oxygens (including phenoxy) is 2. The molecule has 0 radical (unpaired) electrons. The minimum atomic E-state index is -0.829. The Morgan fingerprint density at radius 2 is 1.52 bits per heavy atom. The molecule has 2 aromatic rings. The number of hydrogen-bond donors (Lipinski definition) is 1. The standard InChI is InChI=1S/C20H16O7/c1-3-26-19(24)10-8-12-15(13(9-10)20(25)27-4-2)17(22)11-6-5-7-14(21)16(11)18(12)23/h5-9,21H,3-4H2,1-2H3. The molecule has 0 heterocycles. The Bertz CT molecular complexity index is 988. The van der Waals surface area contributed by atoms with Gasteiger partial charge in [0, 0.05) is 16.7 Å². The van der Waals surface area contributed by atoms with E-state index in [1.807, 2.05) is 0 Å². The van der Waals surface area contributed by atoms with Crippen LogP contribution in [0.1, 0.15) is 66.4 Å². The molecular weight excluding hydrogens is 352 g/mol. The summed E-state index contributed by atoms with van der Waals surface area (Å²) in [5.41, 5.74) is -0.719. The van der Waals surface area contributed by atoms with Gasteiger partial charge in [0.2, 0.25) is 0 Å². The van der Waals surface area contributed by atoms with Crippen molar-refractivity contribution in [2.75, 3.05) is 13.2 Å². The lowest BCUT2D eigenvalue weighted by Crippen LogP contribution is -2.26. The summed E-state index contributed by atoms with van der Waals surface area (Å²) in [5, 5.41) is 10.0. The molecule has 0 fully saturated rings. The third-order valence-corrected chi connectivity index (χ3v) is 4.13. The van der Waals surface area contributed by atoms with Crippen molar-refractivity contribution >= 4 is 23.5 Å². The van der Waals surface area contributed by atoms with Crippen LogP contribution < -0.4 is 0 Å². The molecule has 3 rings (SSSR count). The molecule has 0 aliphatic heterocycles. The van der Waals surface area contributed by atoms with Gasteiger partial charge in [-0.2, -0.15) is 0 Å². The maximum atomic E-state index is 13.0. The van der Waals surface area contributed by atoms with Crippen LogP contribution in [0.15, 0.2) is 30.3 Å². The van der Waals surface area contributed by atoms with E-state index < -0.39 is 23.5 Å². The predicted octanol–water partition coefficient (Wildman–Crippen LogP) is 2.52. The van der Waals surface area contributed by atoms with Crippen molar-refractivity contribution in [3.8, 4) is 5.75 Å². The van der Waals surface area contributed by atoms with Gasteiger partial charge in [-0.05, 0) is 32.0 Å². The average Bonchev–Trinajstić information content (AvgIpc) is 2.65. The van der Waals surface area contributed by atoms with Crippen LogP contribution in [0.25, 0.3) is 0 Å². The molecule has 7 heteroatoms. The Balaban J connectivity index is 2.29. The van der Waals surface area contributed by atoms with Crippen molar-refractivity contribution in [1.82, 2.24) is 0 Å². The lowest BCUT2D eigenvalue weighted by atomic mass is 9.80. The molecule has 0 spiro atoms. The number of hydrogen-bond acceptors (Lipinski definition) is 7. The number of benzene rings is 2. The quantitative estimate of drug-likeness (QED) is 0.705. The second-order valence-corrected chi connectivity index (χ2v) is 5.75. The lowest BCUT2D eigenvalue weighted by molar-refractivity contribution is 0.0522.